The molecule has 0 atom stereocenters. The molecule has 1 aromatic heterocycles. The molecule has 0 aliphatic rings. The Morgan fingerprint density at radius 1 is 1.20 bits per heavy atom. The Kier molecular flexibility index (Phi) is 4.19. The smallest absolute Gasteiger partial charge is 0.236 e. The molecule has 2 rings (SSSR count). The summed E-state index contributed by atoms with van der Waals surface area (Å²) >= 11 is 0. The number of benzene rings is 1. The quantitative estimate of drug-likeness (QED) is 0.918. The Bertz CT molecular complexity index is 670. The van der Waals surface area contributed by atoms with Crippen LogP contribution in [-0.2, 0) is 15.8 Å². The molecule has 5 nitrogen and oxygen atoms in total. The van der Waals surface area contributed by atoms with Gasteiger partial charge in [-0.2, -0.15) is 0 Å². The molecular formula is C13H13FN2O3S. The summed E-state index contributed by atoms with van der Waals surface area (Å²) in [7, 11) is -2.10. The van der Waals surface area contributed by atoms with E-state index in [1.165, 1.54) is 37.6 Å². The van der Waals surface area contributed by atoms with E-state index in [0.29, 0.717) is 17.1 Å². The molecule has 0 amide bonds. The Balaban J connectivity index is 2.08. The average molecular weight is 296 g/mol. The maximum atomic E-state index is 12.8. The molecule has 0 radical (unpaired) electrons. The summed E-state index contributed by atoms with van der Waals surface area (Å²) in [5.41, 5.74) is 0.841. The second kappa shape index (κ2) is 5.87. The number of hydrogen-bond acceptors (Lipinski definition) is 4. The van der Waals surface area contributed by atoms with Crippen LogP contribution in [0.3, 0.4) is 0 Å². The van der Waals surface area contributed by atoms with Gasteiger partial charge >= 0.3 is 0 Å². The first-order valence-corrected chi connectivity index (χ1v) is 7.39. The number of rotatable bonds is 5. The number of pyridine rings is 1. The van der Waals surface area contributed by atoms with E-state index >= 15 is 0 Å². The highest BCUT2D eigenvalue weighted by Gasteiger charge is 2.12. The average Bonchev–Trinajstić information content (AvgIpc) is 2.41. The minimum atomic E-state index is -3.57. The van der Waals surface area contributed by atoms with Gasteiger partial charge in [0.2, 0.25) is 15.9 Å². The number of halogens is 1. The van der Waals surface area contributed by atoms with Crippen LogP contribution in [0.15, 0.2) is 42.6 Å². The molecule has 7 heteroatoms. The second-order valence-corrected chi connectivity index (χ2v) is 5.80. The number of sulfonamides is 1. The molecule has 106 valence electrons. The van der Waals surface area contributed by atoms with Crippen molar-refractivity contribution in [1.82, 2.24) is 4.98 Å². The minimum absolute atomic E-state index is 0.237. The van der Waals surface area contributed by atoms with Crippen LogP contribution < -0.4 is 9.46 Å². The molecule has 0 unspecified atom stereocenters. The van der Waals surface area contributed by atoms with Crippen LogP contribution in [0.4, 0.5) is 10.1 Å². The van der Waals surface area contributed by atoms with Crippen molar-refractivity contribution in [2.45, 2.75) is 5.75 Å². The zero-order valence-electron chi connectivity index (χ0n) is 10.7. The first-order valence-electron chi connectivity index (χ1n) is 5.73. The lowest BCUT2D eigenvalue weighted by Crippen LogP contribution is -2.15. The molecule has 0 aliphatic carbocycles. The number of ether oxygens (including phenoxy) is 1. The van der Waals surface area contributed by atoms with Gasteiger partial charge in [0.15, 0.2) is 0 Å². The van der Waals surface area contributed by atoms with Gasteiger partial charge in [0.25, 0.3) is 0 Å². The Hall–Kier alpha value is -2.15. The van der Waals surface area contributed by atoms with Crippen molar-refractivity contribution in [2.75, 3.05) is 11.8 Å². The number of aromatic nitrogens is 1. The van der Waals surface area contributed by atoms with Crippen molar-refractivity contribution in [3.63, 3.8) is 0 Å². The van der Waals surface area contributed by atoms with E-state index < -0.39 is 15.8 Å². The van der Waals surface area contributed by atoms with E-state index in [9.17, 15) is 12.8 Å². The molecule has 0 spiro atoms. The van der Waals surface area contributed by atoms with E-state index in [-0.39, 0.29) is 5.75 Å². The summed E-state index contributed by atoms with van der Waals surface area (Å²) < 4.78 is 43.9. The van der Waals surface area contributed by atoms with Crippen molar-refractivity contribution in [1.29, 1.82) is 0 Å². The fourth-order valence-corrected chi connectivity index (χ4v) is 2.76. The van der Waals surface area contributed by atoms with Crippen LogP contribution >= 0.6 is 0 Å². The highest BCUT2D eigenvalue weighted by molar-refractivity contribution is 7.91. The van der Waals surface area contributed by atoms with E-state index in [4.69, 9.17) is 4.74 Å². The molecule has 1 heterocycles. The normalized spacial score (nSPS) is 11.1. The molecule has 2 aromatic rings. The van der Waals surface area contributed by atoms with Gasteiger partial charge in [-0.1, -0.05) is 12.1 Å². The molecule has 0 saturated heterocycles. The monoisotopic (exact) mass is 296 g/mol. The van der Waals surface area contributed by atoms with Crippen molar-refractivity contribution < 1.29 is 17.5 Å². The SMILES string of the molecule is COc1ccc(NS(=O)(=O)Cc2ccc(F)cc2)cn1. The number of methoxy groups -OCH3 is 1. The summed E-state index contributed by atoms with van der Waals surface area (Å²) in [5, 5.41) is 0. The van der Waals surface area contributed by atoms with Crippen LogP contribution in [0.2, 0.25) is 0 Å². The highest BCUT2D eigenvalue weighted by atomic mass is 32.2. The van der Waals surface area contributed by atoms with Crippen LogP contribution in [0.5, 0.6) is 5.88 Å². The Morgan fingerprint density at radius 2 is 1.90 bits per heavy atom. The molecule has 0 saturated carbocycles. The predicted octanol–water partition coefficient (Wildman–Crippen LogP) is 2.17. The predicted molar refractivity (Wildman–Crippen MR) is 73.4 cm³/mol. The molecule has 0 aliphatic heterocycles. The number of nitrogens with zero attached hydrogens (tertiary/aromatic N) is 1. The van der Waals surface area contributed by atoms with E-state index in [1.807, 2.05) is 0 Å². The first kappa shape index (κ1) is 14.3. The van der Waals surface area contributed by atoms with Gasteiger partial charge < -0.3 is 4.74 Å². The summed E-state index contributed by atoms with van der Waals surface area (Å²) in [6, 6.07) is 8.41. The fraction of sp³-hybridized carbons (Fsp3) is 0.154. The third kappa shape index (κ3) is 3.92. The topological polar surface area (TPSA) is 68.3 Å². The number of anilines is 1. The second-order valence-electron chi connectivity index (χ2n) is 4.08. The molecular weight excluding hydrogens is 283 g/mol. The fourth-order valence-electron chi connectivity index (χ4n) is 1.58. The first-order chi connectivity index (χ1) is 9.48. The molecule has 1 N–H and O–H groups in total. The van der Waals surface area contributed by atoms with Gasteiger partial charge in [0, 0.05) is 6.07 Å². The third-order valence-corrected chi connectivity index (χ3v) is 3.75. The van der Waals surface area contributed by atoms with Gasteiger partial charge in [0.05, 0.1) is 24.7 Å². The van der Waals surface area contributed by atoms with Gasteiger partial charge in [-0.25, -0.2) is 17.8 Å². The third-order valence-electron chi connectivity index (χ3n) is 2.49. The lowest BCUT2D eigenvalue weighted by atomic mass is 10.2. The molecule has 1 aromatic carbocycles. The summed E-state index contributed by atoms with van der Waals surface area (Å²) in [6.45, 7) is 0. The Morgan fingerprint density at radius 3 is 2.45 bits per heavy atom. The van der Waals surface area contributed by atoms with Crippen molar-refractivity contribution in [2.24, 2.45) is 0 Å². The van der Waals surface area contributed by atoms with E-state index in [0.717, 1.165) is 0 Å². The van der Waals surface area contributed by atoms with Crippen LogP contribution in [-0.4, -0.2) is 20.5 Å². The van der Waals surface area contributed by atoms with Crippen LogP contribution in [0, 0.1) is 5.82 Å². The van der Waals surface area contributed by atoms with E-state index in [1.54, 1.807) is 12.1 Å². The van der Waals surface area contributed by atoms with Gasteiger partial charge in [0.1, 0.15) is 5.82 Å². The largest absolute Gasteiger partial charge is 0.481 e. The van der Waals surface area contributed by atoms with Gasteiger partial charge in [-0.3, -0.25) is 4.72 Å². The van der Waals surface area contributed by atoms with Crippen molar-refractivity contribution in [3.05, 3.63) is 54.0 Å². The summed E-state index contributed by atoms with van der Waals surface area (Å²) in [5.74, 6) is -0.246. The number of hydrogen-bond donors (Lipinski definition) is 1. The van der Waals surface area contributed by atoms with Gasteiger partial charge in [-0.15, -0.1) is 0 Å². The summed E-state index contributed by atoms with van der Waals surface area (Å²) in [4.78, 5) is 3.90. The lowest BCUT2D eigenvalue weighted by molar-refractivity contribution is 0.398. The highest BCUT2D eigenvalue weighted by Crippen LogP contribution is 2.15. The standard InChI is InChI=1S/C13H13FN2O3S/c1-19-13-7-6-12(8-15-13)16-20(17,18)9-10-2-4-11(14)5-3-10/h2-8,16H,9H2,1H3. The zero-order chi connectivity index (χ0) is 14.6. The van der Waals surface area contributed by atoms with Gasteiger partial charge in [-0.05, 0) is 23.8 Å². The Labute approximate surface area is 116 Å². The zero-order valence-corrected chi connectivity index (χ0v) is 11.5. The molecule has 0 fully saturated rings. The minimum Gasteiger partial charge on any atom is -0.481 e. The maximum absolute atomic E-state index is 12.8. The van der Waals surface area contributed by atoms with Crippen LogP contribution in [0.1, 0.15) is 5.56 Å². The summed E-state index contributed by atoms with van der Waals surface area (Å²) in [6.07, 6.45) is 1.36. The lowest BCUT2D eigenvalue weighted by Gasteiger charge is -2.08. The van der Waals surface area contributed by atoms with E-state index in [2.05, 4.69) is 9.71 Å². The molecule has 20 heavy (non-hydrogen) atoms. The molecule has 0 bridgehead atoms. The maximum Gasteiger partial charge on any atom is 0.236 e. The van der Waals surface area contributed by atoms with Crippen molar-refractivity contribution >= 4 is 15.7 Å². The van der Waals surface area contributed by atoms with Crippen LogP contribution in [0.25, 0.3) is 0 Å². The number of nitrogens with one attached hydrogen (secondary N) is 1. The van der Waals surface area contributed by atoms with Crippen molar-refractivity contribution in [3.8, 4) is 5.88 Å².